The van der Waals surface area contributed by atoms with Crippen molar-refractivity contribution in [2.75, 3.05) is 0 Å². The smallest absolute Gasteiger partial charge is 0.512 e. The predicted molar refractivity (Wildman–Crippen MR) is 324 cm³/mol. The van der Waals surface area contributed by atoms with Crippen molar-refractivity contribution < 1.29 is 92.7 Å². The third-order valence-electron chi connectivity index (χ3n) is 14.8. The Kier molecular flexibility index (Phi) is 15.7. The normalized spacial score (nSPS) is 19.9. The number of ketones is 1. The van der Waals surface area contributed by atoms with E-state index in [2.05, 4.69) is 12.1 Å². The summed E-state index contributed by atoms with van der Waals surface area (Å²) in [4.78, 5) is 20.2. The molecule has 2 atom stereocenters. The molecule has 0 saturated carbocycles. The summed E-state index contributed by atoms with van der Waals surface area (Å²) in [5.74, 6) is -0.0625. The van der Waals surface area contributed by atoms with Gasteiger partial charge in [0.1, 0.15) is 0 Å². The Morgan fingerprint density at radius 1 is 0.646 bits per heavy atom. The molecule has 2 aliphatic rings. The van der Waals surface area contributed by atoms with E-state index in [4.69, 9.17) is 44.5 Å². The van der Waals surface area contributed by atoms with E-state index in [1.165, 1.54) is 19.9 Å². The van der Waals surface area contributed by atoms with Crippen LogP contribution in [0.4, 0.5) is 13.2 Å². The molecule has 9 nitrogen and oxygen atoms in total. The second-order valence-electron chi connectivity index (χ2n) is 20.7. The van der Waals surface area contributed by atoms with Crippen molar-refractivity contribution in [2.45, 2.75) is 124 Å². The monoisotopic (exact) mass is 1500 g/mol. The number of carbonyl (C=O) groups excluding carboxylic acids is 1. The van der Waals surface area contributed by atoms with Crippen LogP contribution in [0, 0.1) is 47.1 Å². The van der Waals surface area contributed by atoms with Gasteiger partial charge in [-0.2, -0.15) is 21.6 Å². The molecule has 0 bridgehead atoms. The van der Waals surface area contributed by atoms with E-state index in [0.29, 0.717) is 66.6 Å². The Balaban J connectivity index is 0.000000308. The largest absolute Gasteiger partial charge is 3.00 e. The summed E-state index contributed by atoms with van der Waals surface area (Å²) in [7, 11) is -5.84. The Bertz CT molecular complexity index is 4350. The SMILES string of the molecule is CC(=O)C=C(C)O.C[CH+]C.O=S(=O)(O)C(F)(F)F.[2H]C([2H])([2H])c1ccc2c3c1c1ccc[c-]c1c1nc(-c4ccccc4)c(n13)C(C)(C([2H])([2H])[2H])C2(C)C.[2H]C([2H])([2H])c1ccc2c3c1c1ccc[c-]c1c1nc(-c4ccccc4)c(n13)C(C)(C([2H])([2H])[2H])C2(C)C.[CH3-].[CH3-].[Ir+3].[Ir]. The number of aliphatic hydroxyl groups is 1. The van der Waals surface area contributed by atoms with Gasteiger partial charge in [0.15, 0.2) is 5.78 Å². The third kappa shape index (κ3) is 11.5. The molecule has 15 heteroatoms. The fraction of sp³-hybridized carbons (Fsp3) is 0.284. The number of hydrogen-bond donors (Lipinski definition) is 2. The van der Waals surface area contributed by atoms with Gasteiger partial charge in [0.05, 0.1) is 48.7 Å². The first-order valence-corrected chi connectivity index (χ1v) is 26.3. The Hall–Kier alpha value is -6.18. The molecule has 2 unspecified atom stereocenters. The molecule has 10 aromatic rings. The van der Waals surface area contributed by atoms with Crippen LogP contribution in [-0.4, -0.2) is 48.1 Å². The summed E-state index contributed by atoms with van der Waals surface area (Å²) in [6, 6.07) is 43.7. The van der Waals surface area contributed by atoms with Gasteiger partial charge in [0, 0.05) is 97.8 Å². The van der Waals surface area contributed by atoms with E-state index in [1.54, 1.807) is 50.2 Å². The average Bonchev–Trinajstić information content (AvgIpc) is 1.27. The van der Waals surface area contributed by atoms with Crippen LogP contribution in [0.15, 0.2) is 133 Å². The number of aryl methyl sites for hydroxylation is 2. The first-order valence-electron chi connectivity index (χ1n) is 30.8. The van der Waals surface area contributed by atoms with Crippen molar-refractivity contribution in [1.82, 2.24) is 18.8 Å². The molecule has 82 heavy (non-hydrogen) atoms. The van der Waals surface area contributed by atoms with Gasteiger partial charge in [-0.1, -0.05) is 162 Å². The first-order chi connectivity index (χ1) is 41.4. The van der Waals surface area contributed by atoms with E-state index < -0.39 is 64.7 Å². The van der Waals surface area contributed by atoms with Crippen LogP contribution < -0.4 is 0 Å². The number of aliphatic hydroxyl groups excluding tert-OH is 1. The van der Waals surface area contributed by atoms with Crippen LogP contribution in [0.1, 0.15) is 133 Å². The van der Waals surface area contributed by atoms with Gasteiger partial charge in [0.2, 0.25) is 0 Å². The van der Waals surface area contributed by atoms with Gasteiger partial charge in [-0.05, 0) is 49.5 Å². The van der Waals surface area contributed by atoms with Crippen LogP contribution in [0.3, 0.4) is 0 Å². The second kappa shape index (κ2) is 25.0. The molecule has 2 aliphatic heterocycles. The number of pyridine rings is 2. The van der Waals surface area contributed by atoms with Gasteiger partial charge in [-0.3, -0.25) is 19.3 Å². The standard InChI is InChI=1S/2C28H25N2.C5H8O2.C3H7.CHF3O3S.2CH3.2Ir/c2*1-17-15-16-21-24-22(17)19-13-9-10-14-20(19)26-29-23(18-11-7-6-8-12-18)25(30(24)26)28(4,5)27(21,2)3;1-4(6)3-5(2)7;1-3-2;2-1(3,4)8(5,6)7;;;;/h2*6-13,15-16H,1-5H3;3,6H,1-2H3;3H,1-2H3;(H,5,6,7);2*1H3;;/q2*-1;;+1;;2*-1;;+3/i2*1D3,4D3;;;;;;;. The molecular formula is C67H72F3Ir2N4O5S. The molecule has 1 radical (unpaired) electrons. The molecule has 6 heterocycles. The second-order valence-corrected chi connectivity index (χ2v) is 22.2. The van der Waals surface area contributed by atoms with Crippen LogP contribution in [0.2, 0.25) is 0 Å². The number of halogens is 3. The number of alkyl halides is 3. The number of carbonyl (C=O) groups is 1. The minimum absolute atomic E-state index is 0. The van der Waals surface area contributed by atoms with Crippen LogP contribution >= 0.6 is 0 Å². The number of benzene rings is 6. The first kappa shape index (κ1) is 51.5. The molecule has 6 aromatic carbocycles. The molecular weight excluding hydrogens is 1410 g/mol. The van der Waals surface area contributed by atoms with E-state index in [1.807, 2.05) is 142 Å². The molecule has 4 aromatic heterocycles. The van der Waals surface area contributed by atoms with Crippen molar-refractivity contribution in [3.8, 4) is 22.5 Å². The van der Waals surface area contributed by atoms with E-state index >= 15 is 0 Å². The molecule has 435 valence electrons. The third-order valence-corrected chi connectivity index (χ3v) is 15.4. The van der Waals surface area contributed by atoms with E-state index in [-0.39, 0.29) is 77.7 Å². The molecule has 2 N–H and O–H groups in total. The minimum Gasteiger partial charge on any atom is -0.512 e. The summed E-state index contributed by atoms with van der Waals surface area (Å²) >= 11 is 0. The molecule has 0 saturated heterocycles. The molecule has 12 rings (SSSR count). The zero-order chi connectivity index (χ0) is 67.2. The van der Waals surface area contributed by atoms with Crippen LogP contribution in [0.25, 0.3) is 77.2 Å². The Labute approximate surface area is 525 Å². The van der Waals surface area contributed by atoms with E-state index in [9.17, 15) is 18.0 Å². The average molecular weight is 1500 g/mol. The summed E-state index contributed by atoms with van der Waals surface area (Å²) in [5, 5.41) is 12.4. The maximum atomic E-state index is 10.7. The molecule has 0 spiro atoms. The number of nitrogens with zero attached hydrogens (tertiary/aromatic N) is 4. The van der Waals surface area contributed by atoms with Crippen LogP contribution in [-0.2, 0) is 76.8 Å². The minimum atomic E-state index is -5.84. The summed E-state index contributed by atoms with van der Waals surface area (Å²) in [6.45, 7) is 8.76. The number of rotatable bonds is 3. The fourth-order valence-electron chi connectivity index (χ4n) is 10.4. The summed E-state index contributed by atoms with van der Waals surface area (Å²) < 4.78 is 164. The number of allylic oxidation sites excluding steroid dienone is 2. The van der Waals surface area contributed by atoms with Crippen molar-refractivity contribution >= 4 is 70.5 Å². The fourth-order valence-corrected chi connectivity index (χ4v) is 10.4. The number of hydrogen-bond acceptors (Lipinski definition) is 6. The van der Waals surface area contributed by atoms with Crippen molar-refractivity contribution in [3.63, 3.8) is 0 Å². The predicted octanol–water partition coefficient (Wildman–Crippen LogP) is 17.5. The zero-order valence-electron chi connectivity index (χ0n) is 59.3. The summed E-state index contributed by atoms with van der Waals surface area (Å²) in [6.07, 6.45) is 3.17. The van der Waals surface area contributed by atoms with Gasteiger partial charge >= 0.3 is 35.7 Å². The quantitative estimate of drug-likeness (QED) is 0.0450. The maximum absolute atomic E-state index is 10.7. The van der Waals surface area contributed by atoms with Gasteiger partial charge in [0.25, 0.3) is 0 Å². The van der Waals surface area contributed by atoms with Crippen molar-refractivity contribution in [2.24, 2.45) is 0 Å². The van der Waals surface area contributed by atoms with Gasteiger partial charge in [-0.25, -0.2) is 0 Å². The number of imidazole rings is 2. The number of fused-ring (bicyclic) bond motifs is 6. The Morgan fingerprint density at radius 3 is 1.28 bits per heavy atom. The molecule has 0 aliphatic carbocycles. The van der Waals surface area contributed by atoms with Gasteiger partial charge in [-0.15, -0.1) is 59.3 Å². The van der Waals surface area contributed by atoms with Crippen molar-refractivity contribution in [1.29, 1.82) is 0 Å². The Morgan fingerprint density at radius 2 is 1.00 bits per heavy atom. The maximum Gasteiger partial charge on any atom is 3.00 e. The summed E-state index contributed by atoms with van der Waals surface area (Å²) in [5.41, 5.74) is -1.30. The van der Waals surface area contributed by atoms with Crippen LogP contribution in [0.5, 0.6) is 0 Å². The van der Waals surface area contributed by atoms with Crippen molar-refractivity contribution in [3.05, 3.63) is 200 Å². The number of aromatic nitrogens is 4. The van der Waals surface area contributed by atoms with Gasteiger partial charge < -0.3 is 28.8 Å². The molecule has 0 amide bonds. The van der Waals surface area contributed by atoms with E-state index in [0.717, 1.165) is 33.0 Å². The topological polar surface area (TPSA) is 126 Å². The molecule has 0 fully saturated rings. The zero-order valence-corrected chi connectivity index (χ0v) is 52.9.